The van der Waals surface area contributed by atoms with Gasteiger partial charge in [-0.1, -0.05) is 12.8 Å². The van der Waals surface area contributed by atoms with E-state index in [9.17, 15) is 5.11 Å². The zero-order valence-corrected chi connectivity index (χ0v) is 11.4. The molecule has 3 rings (SSSR count). The average Bonchev–Trinajstić information content (AvgIpc) is 2.97. The number of anilines is 1. The average molecular weight is 264 g/mol. The quantitative estimate of drug-likeness (QED) is 0.854. The Morgan fingerprint density at radius 2 is 2.16 bits per heavy atom. The second-order valence-electron chi connectivity index (χ2n) is 6.05. The van der Waals surface area contributed by atoms with Gasteiger partial charge in [-0.3, -0.25) is 9.58 Å². The molecule has 3 N–H and O–H groups in total. The summed E-state index contributed by atoms with van der Waals surface area (Å²) >= 11 is 0. The molecule has 0 radical (unpaired) electrons. The van der Waals surface area contributed by atoms with Gasteiger partial charge in [-0.15, -0.1) is 0 Å². The molecule has 3 unspecified atom stereocenters. The van der Waals surface area contributed by atoms with Crippen LogP contribution < -0.4 is 5.73 Å². The molecule has 106 valence electrons. The summed E-state index contributed by atoms with van der Waals surface area (Å²) < 4.78 is 1.73. The second-order valence-corrected chi connectivity index (χ2v) is 6.05. The fourth-order valence-corrected chi connectivity index (χ4v) is 3.75. The second kappa shape index (κ2) is 5.51. The number of nitrogen functional groups attached to an aromatic ring is 1. The van der Waals surface area contributed by atoms with E-state index >= 15 is 0 Å². The summed E-state index contributed by atoms with van der Waals surface area (Å²) in [6.45, 7) is 2.44. The number of hydrogen-bond acceptors (Lipinski definition) is 4. The van der Waals surface area contributed by atoms with Crippen molar-refractivity contribution in [1.82, 2.24) is 14.7 Å². The molecule has 1 aromatic rings. The van der Waals surface area contributed by atoms with Crippen LogP contribution in [0.5, 0.6) is 0 Å². The van der Waals surface area contributed by atoms with Crippen molar-refractivity contribution in [3.63, 3.8) is 0 Å². The van der Waals surface area contributed by atoms with E-state index in [1.165, 1.54) is 32.1 Å². The normalized spacial score (nSPS) is 29.3. The summed E-state index contributed by atoms with van der Waals surface area (Å²) in [7, 11) is 0. The van der Waals surface area contributed by atoms with E-state index in [1.54, 1.807) is 17.1 Å². The van der Waals surface area contributed by atoms with Gasteiger partial charge in [0.25, 0.3) is 0 Å². The van der Waals surface area contributed by atoms with E-state index in [1.807, 2.05) is 0 Å². The van der Waals surface area contributed by atoms with E-state index in [4.69, 9.17) is 5.73 Å². The fraction of sp³-hybridized carbons (Fsp3) is 0.786. The topological polar surface area (TPSA) is 67.3 Å². The third kappa shape index (κ3) is 2.92. The molecule has 0 aromatic carbocycles. The number of fused-ring (bicyclic) bond motifs is 1. The molecule has 1 aliphatic heterocycles. The van der Waals surface area contributed by atoms with Crippen molar-refractivity contribution in [1.29, 1.82) is 0 Å². The van der Waals surface area contributed by atoms with Crippen LogP contribution in [-0.2, 0) is 6.54 Å². The number of hydrogen-bond donors (Lipinski definition) is 2. The van der Waals surface area contributed by atoms with Crippen LogP contribution in [0.15, 0.2) is 12.4 Å². The molecule has 0 spiro atoms. The van der Waals surface area contributed by atoms with Crippen LogP contribution in [-0.4, -0.2) is 45.0 Å². The lowest BCUT2D eigenvalue weighted by molar-refractivity contribution is 0.0759. The summed E-state index contributed by atoms with van der Waals surface area (Å²) in [6.07, 6.45) is 9.79. The van der Waals surface area contributed by atoms with Crippen LogP contribution in [0.2, 0.25) is 0 Å². The van der Waals surface area contributed by atoms with Crippen molar-refractivity contribution in [2.75, 3.05) is 18.8 Å². The molecular formula is C14H24N4O. The number of likely N-dealkylation sites (tertiary alicyclic amines) is 1. The Morgan fingerprint density at radius 1 is 1.32 bits per heavy atom. The van der Waals surface area contributed by atoms with Crippen molar-refractivity contribution < 1.29 is 5.11 Å². The lowest BCUT2D eigenvalue weighted by Crippen LogP contribution is -2.40. The number of aliphatic hydroxyl groups excluding tert-OH is 1. The number of nitrogens with two attached hydrogens (primary N) is 1. The fourth-order valence-electron chi connectivity index (χ4n) is 3.75. The Hall–Kier alpha value is -1.07. The highest BCUT2D eigenvalue weighted by molar-refractivity contribution is 5.30. The molecule has 19 heavy (non-hydrogen) atoms. The van der Waals surface area contributed by atoms with Gasteiger partial charge in [0.05, 0.1) is 24.5 Å². The highest BCUT2D eigenvalue weighted by Crippen LogP contribution is 2.36. The first-order valence-corrected chi connectivity index (χ1v) is 7.42. The predicted molar refractivity (Wildman–Crippen MR) is 74.6 cm³/mol. The lowest BCUT2D eigenvalue weighted by atomic mass is 9.85. The third-order valence-electron chi connectivity index (χ3n) is 4.62. The monoisotopic (exact) mass is 264 g/mol. The summed E-state index contributed by atoms with van der Waals surface area (Å²) in [5, 5.41) is 14.3. The molecule has 1 aliphatic carbocycles. The van der Waals surface area contributed by atoms with Crippen LogP contribution in [0.1, 0.15) is 32.1 Å². The molecule has 3 atom stereocenters. The molecule has 2 fully saturated rings. The summed E-state index contributed by atoms with van der Waals surface area (Å²) in [5.41, 5.74) is 6.28. The van der Waals surface area contributed by atoms with Gasteiger partial charge in [0, 0.05) is 18.8 Å². The largest absolute Gasteiger partial charge is 0.396 e. The number of nitrogens with zero attached hydrogens (tertiary/aromatic N) is 3. The molecule has 2 aliphatic rings. The Balaban J connectivity index is 1.53. The van der Waals surface area contributed by atoms with Gasteiger partial charge in [-0.25, -0.2) is 0 Å². The van der Waals surface area contributed by atoms with Gasteiger partial charge in [-0.2, -0.15) is 5.10 Å². The molecule has 1 aromatic heterocycles. The molecule has 0 amide bonds. The van der Waals surface area contributed by atoms with Gasteiger partial charge in [0.2, 0.25) is 0 Å². The Bertz CT molecular complexity index is 419. The lowest BCUT2D eigenvalue weighted by Gasteiger charge is -2.32. The molecule has 5 nitrogen and oxygen atoms in total. The Kier molecular flexibility index (Phi) is 3.75. The van der Waals surface area contributed by atoms with Crippen LogP contribution >= 0.6 is 0 Å². The maximum atomic E-state index is 10.2. The Labute approximate surface area is 114 Å². The maximum absolute atomic E-state index is 10.2. The zero-order valence-electron chi connectivity index (χ0n) is 11.4. The number of rotatable bonds is 4. The zero-order chi connectivity index (χ0) is 13.2. The minimum absolute atomic E-state index is 0.361. The van der Waals surface area contributed by atoms with Crippen LogP contribution in [0.25, 0.3) is 0 Å². The van der Waals surface area contributed by atoms with Crippen LogP contribution in [0.4, 0.5) is 5.69 Å². The number of β-amino-alcohol motifs (C(OH)–C–C–N with tert-alkyl or cyclic N) is 1. The standard InChI is InChI=1S/C14H24N4O/c15-12-7-16-18(8-12)10-13(19)9-17-6-5-11-3-1-2-4-14(11)17/h7-8,11,13-14,19H,1-6,9-10,15H2. The molecular weight excluding hydrogens is 240 g/mol. The van der Waals surface area contributed by atoms with Gasteiger partial charge >= 0.3 is 0 Å². The minimum atomic E-state index is -0.361. The molecule has 1 saturated heterocycles. The van der Waals surface area contributed by atoms with Gasteiger partial charge in [-0.05, 0) is 31.7 Å². The smallest absolute Gasteiger partial charge is 0.0862 e. The summed E-state index contributed by atoms with van der Waals surface area (Å²) in [5.74, 6) is 0.876. The number of aliphatic hydroxyl groups is 1. The van der Waals surface area contributed by atoms with E-state index in [0.717, 1.165) is 19.0 Å². The van der Waals surface area contributed by atoms with E-state index < -0.39 is 0 Å². The van der Waals surface area contributed by atoms with Gasteiger partial charge in [0.1, 0.15) is 0 Å². The van der Waals surface area contributed by atoms with E-state index in [-0.39, 0.29) is 6.10 Å². The Morgan fingerprint density at radius 3 is 2.95 bits per heavy atom. The van der Waals surface area contributed by atoms with Crippen molar-refractivity contribution in [2.24, 2.45) is 5.92 Å². The molecule has 1 saturated carbocycles. The molecule has 5 heteroatoms. The SMILES string of the molecule is Nc1cnn(CC(O)CN2CCC3CCCCC32)c1. The minimum Gasteiger partial charge on any atom is -0.396 e. The van der Waals surface area contributed by atoms with Crippen molar-refractivity contribution in [2.45, 2.75) is 50.8 Å². The maximum Gasteiger partial charge on any atom is 0.0862 e. The highest BCUT2D eigenvalue weighted by Gasteiger charge is 2.36. The predicted octanol–water partition coefficient (Wildman–Crippen LogP) is 1.09. The van der Waals surface area contributed by atoms with Crippen molar-refractivity contribution in [3.05, 3.63) is 12.4 Å². The van der Waals surface area contributed by atoms with Crippen LogP contribution in [0.3, 0.4) is 0 Å². The molecule has 2 heterocycles. The molecule has 0 bridgehead atoms. The first-order valence-electron chi connectivity index (χ1n) is 7.42. The highest BCUT2D eigenvalue weighted by atomic mass is 16.3. The van der Waals surface area contributed by atoms with E-state index in [0.29, 0.717) is 18.3 Å². The van der Waals surface area contributed by atoms with Crippen molar-refractivity contribution in [3.8, 4) is 0 Å². The van der Waals surface area contributed by atoms with E-state index in [2.05, 4.69) is 10.00 Å². The van der Waals surface area contributed by atoms with Crippen molar-refractivity contribution >= 4 is 5.69 Å². The van der Waals surface area contributed by atoms with Gasteiger partial charge in [0.15, 0.2) is 0 Å². The first-order chi connectivity index (χ1) is 9.22. The first kappa shape index (κ1) is 12.9. The van der Waals surface area contributed by atoms with Crippen LogP contribution in [0, 0.1) is 5.92 Å². The summed E-state index contributed by atoms with van der Waals surface area (Å²) in [4.78, 5) is 2.49. The summed E-state index contributed by atoms with van der Waals surface area (Å²) in [6, 6.07) is 0.714. The third-order valence-corrected chi connectivity index (χ3v) is 4.62. The number of aromatic nitrogens is 2. The van der Waals surface area contributed by atoms with Gasteiger partial charge < -0.3 is 10.8 Å².